The van der Waals surface area contributed by atoms with Gasteiger partial charge in [-0.1, -0.05) is 15.9 Å². The lowest BCUT2D eigenvalue weighted by Gasteiger charge is -2.10. The normalized spacial score (nSPS) is 11.4. The van der Waals surface area contributed by atoms with E-state index < -0.39 is 10.0 Å². The monoisotopic (exact) mass is 428 g/mol. The molecule has 1 N–H and O–H groups in total. The molecule has 0 saturated heterocycles. The van der Waals surface area contributed by atoms with E-state index in [-0.39, 0.29) is 10.6 Å². The molecule has 0 aliphatic carbocycles. The average molecular weight is 429 g/mol. The van der Waals surface area contributed by atoms with Gasteiger partial charge >= 0.3 is 0 Å². The summed E-state index contributed by atoms with van der Waals surface area (Å²) in [7, 11) is 0.412. The largest absolute Gasteiger partial charge is 0.497 e. The van der Waals surface area contributed by atoms with Gasteiger partial charge in [-0.2, -0.15) is 18.4 Å². The predicted octanol–water partition coefficient (Wildman–Crippen LogP) is 2.79. The van der Waals surface area contributed by atoms with Crippen molar-refractivity contribution < 1.29 is 22.6 Å². The van der Waals surface area contributed by atoms with Crippen LogP contribution < -0.4 is 19.0 Å². The molecule has 0 aromatic heterocycles. The van der Waals surface area contributed by atoms with Crippen LogP contribution in [0.3, 0.4) is 0 Å². The maximum atomic E-state index is 12.5. The number of hydrogen-bond donors (Lipinski definition) is 1. The van der Waals surface area contributed by atoms with Crippen molar-refractivity contribution in [1.29, 1.82) is 0 Å². The molecule has 0 fully saturated rings. The molecule has 2 aromatic carbocycles. The molecule has 9 heteroatoms. The summed E-state index contributed by atoms with van der Waals surface area (Å²) >= 11 is 3.34. The van der Waals surface area contributed by atoms with Gasteiger partial charge in [-0.05, 0) is 30.3 Å². The lowest BCUT2D eigenvalue weighted by atomic mass is 10.2. The highest BCUT2D eigenvalue weighted by Gasteiger charge is 2.20. The van der Waals surface area contributed by atoms with Crippen LogP contribution in [0.25, 0.3) is 0 Å². The van der Waals surface area contributed by atoms with E-state index in [0.29, 0.717) is 17.1 Å². The first-order chi connectivity index (χ1) is 11.9. The van der Waals surface area contributed by atoms with Crippen molar-refractivity contribution in [2.75, 3.05) is 21.3 Å². The molecule has 0 unspecified atom stereocenters. The van der Waals surface area contributed by atoms with Crippen LogP contribution in [-0.2, 0) is 10.0 Å². The Labute approximate surface area is 154 Å². The molecule has 0 bridgehead atoms. The number of nitrogens with one attached hydrogen (secondary N) is 1. The van der Waals surface area contributed by atoms with Gasteiger partial charge in [0.05, 0.1) is 27.5 Å². The molecule has 25 heavy (non-hydrogen) atoms. The maximum Gasteiger partial charge on any atom is 0.280 e. The van der Waals surface area contributed by atoms with Crippen LogP contribution in [0.4, 0.5) is 0 Å². The van der Waals surface area contributed by atoms with E-state index in [1.54, 1.807) is 24.3 Å². The van der Waals surface area contributed by atoms with Crippen LogP contribution in [0, 0.1) is 0 Å². The zero-order chi connectivity index (χ0) is 18.4. The Morgan fingerprint density at radius 1 is 1.00 bits per heavy atom. The second kappa shape index (κ2) is 8.21. The van der Waals surface area contributed by atoms with Crippen LogP contribution in [0.5, 0.6) is 17.2 Å². The van der Waals surface area contributed by atoms with Crippen molar-refractivity contribution >= 4 is 32.2 Å². The standard InChI is InChI=1S/C16H17BrN2O5S/c1-22-13-5-7-15(24-3)16(9-13)25(20,21)19-18-10-11-8-12(17)4-6-14(11)23-2/h4-10,19H,1-3H3/b18-10+. The van der Waals surface area contributed by atoms with Crippen molar-refractivity contribution in [3.8, 4) is 17.2 Å². The van der Waals surface area contributed by atoms with Gasteiger partial charge in [0.25, 0.3) is 10.0 Å². The van der Waals surface area contributed by atoms with Crippen molar-refractivity contribution in [2.45, 2.75) is 4.90 Å². The van der Waals surface area contributed by atoms with Gasteiger partial charge in [-0.3, -0.25) is 0 Å². The first-order valence-electron chi connectivity index (χ1n) is 7.01. The number of halogens is 1. The Morgan fingerprint density at radius 3 is 2.32 bits per heavy atom. The molecule has 0 amide bonds. The average Bonchev–Trinajstić information content (AvgIpc) is 2.61. The number of benzene rings is 2. The zero-order valence-electron chi connectivity index (χ0n) is 13.8. The number of sulfonamides is 1. The van der Waals surface area contributed by atoms with Gasteiger partial charge in [-0.15, -0.1) is 0 Å². The minimum absolute atomic E-state index is 0.0762. The number of methoxy groups -OCH3 is 3. The SMILES string of the molecule is COc1ccc(OC)c(S(=O)(=O)N/N=C/c2cc(Br)ccc2OC)c1. The molecule has 0 aliphatic heterocycles. The Morgan fingerprint density at radius 2 is 1.68 bits per heavy atom. The van der Waals surface area contributed by atoms with Gasteiger partial charge in [0.15, 0.2) is 0 Å². The highest BCUT2D eigenvalue weighted by Crippen LogP contribution is 2.28. The highest BCUT2D eigenvalue weighted by atomic mass is 79.9. The summed E-state index contributed by atoms with van der Waals surface area (Å²) in [5, 5.41) is 3.81. The fraction of sp³-hybridized carbons (Fsp3) is 0.188. The third-order valence-electron chi connectivity index (χ3n) is 3.23. The predicted molar refractivity (Wildman–Crippen MR) is 98.2 cm³/mol. The number of ether oxygens (including phenoxy) is 3. The first kappa shape index (κ1) is 19.1. The van der Waals surface area contributed by atoms with Gasteiger partial charge in [0, 0.05) is 16.1 Å². The van der Waals surface area contributed by atoms with Gasteiger partial charge in [-0.25, -0.2) is 0 Å². The molecule has 2 aromatic rings. The fourth-order valence-electron chi connectivity index (χ4n) is 2.01. The number of hydrazone groups is 1. The van der Waals surface area contributed by atoms with Crippen LogP contribution in [-0.4, -0.2) is 36.0 Å². The smallest absolute Gasteiger partial charge is 0.280 e. The van der Waals surface area contributed by atoms with Gasteiger partial charge < -0.3 is 14.2 Å². The third kappa shape index (κ3) is 4.64. The molecule has 0 saturated carbocycles. The molecule has 0 heterocycles. The third-order valence-corrected chi connectivity index (χ3v) is 4.97. The minimum atomic E-state index is -3.94. The van der Waals surface area contributed by atoms with Crippen LogP contribution in [0.2, 0.25) is 0 Å². The molecule has 0 spiro atoms. The van der Waals surface area contributed by atoms with Crippen LogP contribution in [0.15, 0.2) is 50.9 Å². The van der Waals surface area contributed by atoms with E-state index in [2.05, 4.69) is 25.9 Å². The summed E-state index contributed by atoms with van der Waals surface area (Å²) in [6.45, 7) is 0. The summed E-state index contributed by atoms with van der Waals surface area (Å²) in [4.78, 5) is 2.08. The summed E-state index contributed by atoms with van der Waals surface area (Å²) in [6, 6.07) is 9.77. The van der Waals surface area contributed by atoms with Gasteiger partial charge in [0.1, 0.15) is 22.1 Å². The maximum absolute atomic E-state index is 12.5. The lowest BCUT2D eigenvalue weighted by Crippen LogP contribution is -2.19. The molecule has 7 nitrogen and oxygen atoms in total. The van der Waals surface area contributed by atoms with Crippen molar-refractivity contribution in [1.82, 2.24) is 4.83 Å². The van der Waals surface area contributed by atoms with Crippen molar-refractivity contribution in [3.63, 3.8) is 0 Å². The summed E-state index contributed by atoms with van der Waals surface area (Å²) in [5.41, 5.74) is 0.609. The molecular weight excluding hydrogens is 412 g/mol. The first-order valence-corrected chi connectivity index (χ1v) is 9.29. The van der Waals surface area contributed by atoms with Crippen molar-refractivity contribution in [3.05, 3.63) is 46.4 Å². The summed E-state index contributed by atoms with van der Waals surface area (Å²) < 4.78 is 41.2. The molecule has 0 aliphatic rings. The van der Waals surface area contributed by atoms with E-state index in [1.165, 1.54) is 39.7 Å². The van der Waals surface area contributed by atoms with E-state index in [1.807, 2.05) is 0 Å². The molecule has 2 rings (SSSR count). The molecule has 0 atom stereocenters. The Bertz CT molecular complexity index is 884. The summed E-state index contributed by atoms with van der Waals surface area (Å²) in [5.74, 6) is 1.13. The number of rotatable bonds is 7. The van der Waals surface area contributed by atoms with Crippen LogP contribution >= 0.6 is 15.9 Å². The Hall–Kier alpha value is -2.26. The quantitative estimate of drug-likeness (QED) is 0.541. The topological polar surface area (TPSA) is 86.2 Å². The Kier molecular flexibility index (Phi) is 6.27. The van der Waals surface area contributed by atoms with Crippen LogP contribution in [0.1, 0.15) is 5.56 Å². The fourth-order valence-corrected chi connectivity index (χ4v) is 3.37. The van der Waals surface area contributed by atoms with Gasteiger partial charge in [0.2, 0.25) is 0 Å². The van der Waals surface area contributed by atoms with Crippen molar-refractivity contribution in [2.24, 2.45) is 5.10 Å². The highest BCUT2D eigenvalue weighted by molar-refractivity contribution is 9.10. The summed E-state index contributed by atoms with van der Waals surface area (Å²) in [6.07, 6.45) is 1.35. The number of nitrogens with zero attached hydrogens (tertiary/aromatic N) is 1. The van der Waals surface area contributed by atoms with E-state index in [0.717, 1.165) is 4.47 Å². The second-order valence-electron chi connectivity index (χ2n) is 4.76. The van der Waals surface area contributed by atoms with E-state index >= 15 is 0 Å². The molecule has 134 valence electrons. The van der Waals surface area contributed by atoms with E-state index in [4.69, 9.17) is 14.2 Å². The molecule has 0 radical (unpaired) electrons. The minimum Gasteiger partial charge on any atom is -0.497 e. The zero-order valence-corrected chi connectivity index (χ0v) is 16.2. The molecular formula is C16H17BrN2O5S. The number of hydrogen-bond acceptors (Lipinski definition) is 6. The Balaban J connectivity index is 2.30. The van der Waals surface area contributed by atoms with E-state index in [9.17, 15) is 8.42 Å². The lowest BCUT2D eigenvalue weighted by molar-refractivity contribution is 0.392. The second-order valence-corrected chi connectivity index (χ2v) is 7.30.